The summed E-state index contributed by atoms with van der Waals surface area (Å²) in [6.07, 6.45) is 0. The van der Waals surface area contributed by atoms with Crippen LogP contribution in [0.2, 0.25) is 0 Å². The summed E-state index contributed by atoms with van der Waals surface area (Å²) in [5.41, 5.74) is 1.18. The van der Waals surface area contributed by atoms with Gasteiger partial charge in [0.2, 0.25) is 0 Å². The average molecular weight is 410 g/mol. The van der Waals surface area contributed by atoms with Crippen LogP contribution in [0, 0.1) is 12.7 Å². The second kappa shape index (κ2) is 7.77. The van der Waals surface area contributed by atoms with Gasteiger partial charge in [-0.3, -0.25) is 13.7 Å². The minimum absolute atomic E-state index is 0.0543. The molecule has 6 nitrogen and oxygen atoms in total. The summed E-state index contributed by atoms with van der Waals surface area (Å²) in [4.78, 5) is 14.3. The molecule has 1 aliphatic rings. The number of sulfonamides is 1. The maximum absolute atomic E-state index is 13.0. The molecule has 0 spiro atoms. The molecule has 0 unspecified atom stereocenters. The van der Waals surface area contributed by atoms with E-state index < -0.39 is 26.6 Å². The lowest BCUT2D eigenvalue weighted by Crippen LogP contribution is -2.42. The summed E-state index contributed by atoms with van der Waals surface area (Å²) < 4.78 is 52.1. The molecule has 0 bridgehead atoms. The molecule has 1 amide bonds. The molecule has 1 N–H and O–H groups in total. The van der Waals surface area contributed by atoms with Gasteiger partial charge in [-0.05, 0) is 48.9 Å². The Balaban J connectivity index is 1.86. The van der Waals surface area contributed by atoms with Crippen LogP contribution in [-0.4, -0.2) is 48.0 Å². The van der Waals surface area contributed by atoms with Crippen LogP contribution in [0.15, 0.2) is 47.4 Å². The molecule has 1 fully saturated rings. The first kappa shape index (κ1) is 19.5. The molecular weight excluding hydrogens is 391 g/mol. The molecule has 9 heteroatoms. The number of halogens is 1. The zero-order valence-electron chi connectivity index (χ0n) is 14.6. The van der Waals surface area contributed by atoms with Crippen molar-refractivity contribution in [2.24, 2.45) is 0 Å². The van der Waals surface area contributed by atoms with E-state index in [4.69, 9.17) is 0 Å². The van der Waals surface area contributed by atoms with Crippen molar-refractivity contribution in [3.8, 4) is 0 Å². The Morgan fingerprint density at radius 3 is 2.37 bits per heavy atom. The van der Waals surface area contributed by atoms with Gasteiger partial charge in [-0.2, -0.15) is 0 Å². The van der Waals surface area contributed by atoms with Crippen molar-refractivity contribution in [2.45, 2.75) is 11.8 Å². The Bertz CT molecular complexity index is 981. The molecule has 0 aromatic heterocycles. The largest absolute Gasteiger partial charge is 0.337 e. The van der Waals surface area contributed by atoms with Crippen molar-refractivity contribution >= 4 is 32.4 Å². The molecule has 2 aromatic rings. The van der Waals surface area contributed by atoms with E-state index in [1.54, 1.807) is 17.9 Å². The Labute approximate surface area is 159 Å². The number of nitrogens with zero attached hydrogens (tertiary/aromatic N) is 1. The van der Waals surface area contributed by atoms with Gasteiger partial charge in [-0.1, -0.05) is 6.07 Å². The first-order chi connectivity index (χ1) is 12.8. The third kappa shape index (κ3) is 4.54. The SMILES string of the molecule is Cc1ccc(S(=O)(=O)Nc2ccc(F)cc2)cc1C(=O)N1CCS(=O)CC1. The van der Waals surface area contributed by atoms with Crippen LogP contribution < -0.4 is 4.72 Å². The highest BCUT2D eigenvalue weighted by Gasteiger charge is 2.24. The smallest absolute Gasteiger partial charge is 0.261 e. The molecule has 2 aromatic carbocycles. The molecule has 0 atom stereocenters. The van der Waals surface area contributed by atoms with E-state index in [2.05, 4.69) is 4.72 Å². The Morgan fingerprint density at radius 2 is 1.74 bits per heavy atom. The Kier molecular flexibility index (Phi) is 5.61. The monoisotopic (exact) mass is 410 g/mol. The van der Waals surface area contributed by atoms with Crippen LogP contribution in [0.4, 0.5) is 10.1 Å². The van der Waals surface area contributed by atoms with E-state index in [-0.39, 0.29) is 16.5 Å². The van der Waals surface area contributed by atoms with Gasteiger partial charge in [-0.25, -0.2) is 12.8 Å². The number of benzene rings is 2. The van der Waals surface area contributed by atoms with Crippen molar-refractivity contribution in [3.05, 3.63) is 59.4 Å². The van der Waals surface area contributed by atoms with Crippen LogP contribution in [0.25, 0.3) is 0 Å². The van der Waals surface area contributed by atoms with Gasteiger partial charge in [0.15, 0.2) is 0 Å². The maximum atomic E-state index is 13.0. The third-order valence-corrected chi connectivity index (χ3v) is 6.97. The summed E-state index contributed by atoms with van der Waals surface area (Å²) >= 11 is 0. The van der Waals surface area contributed by atoms with Gasteiger partial charge in [0.05, 0.1) is 4.90 Å². The number of hydrogen-bond acceptors (Lipinski definition) is 4. The zero-order valence-corrected chi connectivity index (χ0v) is 16.3. The summed E-state index contributed by atoms with van der Waals surface area (Å²) in [5, 5.41) is 0. The second-order valence-electron chi connectivity index (χ2n) is 6.23. The van der Waals surface area contributed by atoms with Crippen molar-refractivity contribution < 1.29 is 21.8 Å². The Morgan fingerprint density at radius 1 is 1.11 bits per heavy atom. The lowest BCUT2D eigenvalue weighted by atomic mass is 10.1. The highest BCUT2D eigenvalue weighted by atomic mass is 32.2. The molecule has 1 heterocycles. The maximum Gasteiger partial charge on any atom is 0.261 e. The quantitative estimate of drug-likeness (QED) is 0.837. The van der Waals surface area contributed by atoms with Crippen LogP contribution in [0.3, 0.4) is 0 Å². The number of carbonyl (C=O) groups is 1. The second-order valence-corrected chi connectivity index (χ2v) is 9.61. The highest BCUT2D eigenvalue weighted by Crippen LogP contribution is 2.21. The number of anilines is 1. The molecule has 0 saturated carbocycles. The van der Waals surface area contributed by atoms with Crippen LogP contribution in [0.1, 0.15) is 15.9 Å². The van der Waals surface area contributed by atoms with Crippen LogP contribution >= 0.6 is 0 Å². The van der Waals surface area contributed by atoms with E-state index in [0.29, 0.717) is 35.7 Å². The van der Waals surface area contributed by atoms with E-state index in [9.17, 15) is 21.8 Å². The lowest BCUT2D eigenvalue weighted by molar-refractivity contribution is 0.0770. The molecule has 27 heavy (non-hydrogen) atoms. The summed E-state index contributed by atoms with van der Waals surface area (Å²) in [6.45, 7) is 2.50. The summed E-state index contributed by atoms with van der Waals surface area (Å²) in [5.74, 6) is 0.107. The minimum atomic E-state index is -3.93. The third-order valence-electron chi connectivity index (χ3n) is 4.31. The number of aryl methyl sites for hydroxylation is 1. The number of hydrogen-bond donors (Lipinski definition) is 1. The van der Waals surface area contributed by atoms with Gasteiger partial charge in [0.25, 0.3) is 15.9 Å². The number of carbonyl (C=O) groups excluding carboxylic acids is 1. The number of amides is 1. The zero-order chi connectivity index (χ0) is 19.6. The lowest BCUT2D eigenvalue weighted by Gasteiger charge is -2.27. The fourth-order valence-corrected chi connectivity index (χ4v) is 4.88. The number of nitrogens with one attached hydrogen (secondary N) is 1. The van der Waals surface area contributed by atoms with Crippen molar-refractivity contribution in [1.82, 2.24) is 4.90 Å². The van der Waals surface area contributed by atoms with E-state index >= 15 is 0 Å². The average Bonchev–Trinajstić information content (AvgIpc) is 2.64. The van der Waals surface area contributed by atoms with E-state index in [0.717, 1.165) is 12.1 Å². The van der Waals surface area contributed by atoms with E-state index in [1.165, 1.54) is 24.3 Å². The first-order valence-electron chi connectivity index (χ1n) is 8.29. The predicted octanol–water partition coefficient (Wildman–Crippen LogP) is 2.14. The van der Waals surface area contributed by atoms with Crippen molar-refractivity contribution in [3.63, 3.8) is 0 Å². The fraction of sp³-hybridized carbons (Fsp3) is 0.278. The van der Waals surface area contributed by atoms with Gasteiger partial charge in [-0.15, -0.1) is 0 Å². The van der Waals surface area contributed by atoms with Gasteiger partial charge >= 0.3 is 0 Å². The number of rotatable bonds is 4. The van der Waals surface area contributed by atoms with Crippen molar-refractivity contribution in [1.29, 1.82) is 0 Å². The molecular formula is C18H19FN2O4S2. The van der Waals surface area contributed by atoms with Gasteiger partial charge in [0.1, 0.15) is 5.82 Å². The summed E-state index contributed by atoms with van der Waals surface area (Å²) in [7, 11) is -4.84. The van der Waals surface area contributed by atoms with Crippen molar-refractivity contribution in [2.75, 3.05) is 29.3 Å². The van der Waals surface area contributed by atoms with Gasteiger partial charge in [0, 0.05) is 46.6 Å². The fourth-order valence-electron chi connectivity index (χ4n) is 2.74. The normalized spacial score (nSPS) is 15.6. The molecule has 0 radical (unpaired) electrons. The molecule has 3 rings (SSSR count). The topological polar surface area (TPSA) is 83.6 Å². The minimum Gasteiger partial charge on any atom is -0.337 e. The highest BCUT2D eigenvalue weighted by molar-refractivity contribution is 7.92. The molecule has 144 valence electrons. The molecule has 1 saturated heterocycles. The standard InChI is InChI=1S/C18H19FN2O4S2/c1-13-2-7-16(27(24,25)20-15-5-3-14(19)4-6-15)12-17(13)18(22)21-8-10-26(23)11-9-21/h2-7,12,20H,8-11H2,1H3. The molecule has 1 aliphatic heterocycles. The molecule has 0 aliphatic carbocycles. The van der Waals surface area contributed by atoms with Crippen LogP contribution in [0.5, 0.6) is 0 Å². The van der Waals surface area contributed by atoms with E-state index in [1.807, 2.05) is 0 Å². The first-order valence-corrected chi connectivity index (χ1v) is 11.3. The Hall–Kier alpha value is -2.26. The van der Waals surface area contributed by atoms with Gasteiger partial charge < -0.3 is 4.90 Å². The van der Waals surface area contributed by atoms with Crippen LogP contribution in [-0.2, 0) is 20.8 Å². The predicted molar refractivity (Wildman–Crippen MR) is 102 cm³/mol. The summed E-state index contributed by atoms with van der Waals surface area (Å²) in [6, 6.07) is 9.29.